The molecule has 428 valence electrons. The van der Waals surface area contributed by atoms with Gasteiger partial charge < -0.3 is 14.2 Å². The first-order valence-electron chi connectivity index (χ1n) is 31.4. The molecule has 0 bridgehead atoms. The van der Waals surface area contributed by atoms with Crippen molar-refractivity contribution in [2.24, 2.45) is 0 Å². The monoisotopic (exact) mass is 1040 g/mol. The maximum Gasteiger partial charge on any atom is 0.306 e. The number of esters is 3. The smallest absolute Gasteiger partial charge is 0.306 e. The van der Waals surface area contributed by atoms with Gasteiger partial charge in [0.25, 0.3) is 0 Å². The van der Waals surface area contributed by atoms with Crippen LogP contribution < -0.4 is 0 Å². The number of ether oxygens (including phenoxy) is 3. The van der Waals surface area contributed by atoms with Crippen molar-refractivity contribution in [3.05, 3.63) is 109 Å². The Morgan fingerprint density at radius 3 is 0.893 bits per heavy atom. The van der Waals surface area contributed by atoms with Gasteiger partial charge in [-0.2, -0.15) is 0 Å². The average Bonchev–Trinajstić information content (AvgIpc) is 3.41. The minimum absolute atomic E-state index is 0.102. The van der Waals surface area contributed by atoms with E-state index in [0.717, 1.165) is 103 Å². The van der Waals surface area contributed by atoms with Crippen molar-refractivity contribution in [1.82, 2.24) is 0 Å². The third kappa shape index (κ3) is 60.8. The molecule has 0 aliphatic carbocycles. The predicted octanol–water partition coefficient (Wildman–Crippen LogP) is 21.4. The van der Waals surface area contributed by atoms with E-state index in [1.54, 1.807) is 0 Å². The van der Waals surface area contributed by atoms with E-state index in [2.05, 4.69) is 124 Å². The summed E-state index contributed by atoms with van der Waals surface area (Å²) in [6, 6.07) is 0. The summed E-state index contributed by atoms with van der Waals surface area (Å²) < 4.78 is 16.9. The van der Waals surface area contributed by atoms with Crippen LogP contribution in [0.5, 0.6) is 0 Å². The van der Waals surface area contributed by atoms with Crippen LogP contribution in [-0.2, 0) is 28.6 Å². The van der Waals surface area contributed by atoms with Crippen LogP contribution in [0.2, 0.25) is 0 Å². The number of rotatable bonds is 56. The Balaban J connectivity index is 4.48. The number of hydrogen-bond acceptors (Lipinski definition) is 6. The van der Waals surface area contributed by atoms with E-state index in [1.807, 2.05) is 6.08 Å². The van der Waals surface area contributed by atoms with E-state index in [1.165, 1.54) is 141 Å². The number of allylic oxidation sites excluding steroid dienone is 18. The molecule has 0 aromatic carbocycles. The Hall–Kier alpha value is -3.93. The van der Waals surface area contributed by atoms with Crippen LogP contribution in [-0.4, -0.2) is 37.2 Å². The van der Waals surface area contributed by atoms with Crippen LogP contribution in [0.3, 0.4) is 0 Å². The average molecular weight is 1040 g/mol. The summed E-state index contributed by atoms with van der Waals surface area (Å²) in [7, 11) is 0. The number of carbonyl (C=O) groups excluding carboxylic acids is 3. The summed E-state index contributed by atoms with van der Waals surface area (Å²) in [6.45, 7) is 6.38. The van der Waals surface area contributed by atoms with Crippen LogP contribution in [0.15, 0.2) is 109 Å². The second-order valence-corrected chi connectivity index (χ2v) is 20.6. The summed E-state index contributed by atoms with van der Waals surface area (Å²) in [5.74, 6) is -0.987. The highest BCUT2D eigenvalue weighted by atomic mass is 16.6. The van der Waals surface area contributed by atoms with Crippen molar-refractivity contribution in [2.75, 3.05) is 13.2 Å². The molecule has 0 amide bonds. The Morgan fingerprint density at radius 1 is 0.280 bits per heavy atom. The zero-order chi connectivity index (χ0) is 54.3. The van der Waals surface area contributed by atoms with Gasteiger partial charge in [-0.15, -0.1) is 0 Å². The first-order chi connectivity index (χ1) is 37.0. The highest BCUT2D eigenvalue weighted by molar-refractivity contribution is 5.71. The van der Waals surface area contributed by atoms with E-state index in [-0.39, 0.29) is 37.5 Å². The second kappa shape index (κ2) is 62.6. The quantitative estimate of drug-likeness (QED) is 0.0261. The fourth-order valence-electron chi connectivity index (χ4n) is 8.66. The molecule has 0 aromatic rings. The normalized spacial score (nSPS) is 12.8. The fourth-order valence-corrected chi connectivity index (χ4v) is 8.66. The molecule has 0 N–H and O–H groups in total. The van der Waals surface area contributed by atoms with Crippen molar-refractivity contribution in [3.63, 3.8) is 0 Å². The molecule has 0 aliphatic rings. The molecular weight excluding hydrogens is 925 g/mol. The molecule has 0 saturated heterocycles. The largest absolute Gasteiger partial charge is 0.462 e. The van der Waals surface area contributed by atoms with Crippen molar-refractivity contribution in [3.8, 4) is 0 Å². The van der Waals surface area contributed by atoms with Crippen LogP contribution >= 0.6 is 0 Å². The lowest BCUT2D eigenvalue weighted by molar-refractivity contribution is -0.166. The molecule has 6 heteroatoms. The lowest BCUT2D eigenvalue weighted by Gasteiger charge is -2.18. The third-order valence-corrected chi connectivity index (χ3v) is 13.3. The molecule has 0 saturated carbocycles. The molecule has 0 spiro atoms. The first-order valence-corrected chi connectivity index (χ1v) is 31.4. The highest BCUT2D eigenvalue weighted by Crippen LogP contribution is 2.16. The minimum atomic E-state index is -0.813. The SMILES string of the molecule is CC/C=C\C/C=C\C/C=C\C/C=C\C/C=C\C/C=C\CCC(=O)OCC(COC(=O)CCCCCCCCCCCCCCCCCCCCC)OC(=O)CCCCCCCCCCC/C=C\C/C=C\C/C=C\CC. The van der Waals surface area contributed by atoms with E-state index >= 15 is 0 Å². The van der Waals surface area contributed by atoms with Crippen LogP contribution in [0.25, 0.3) is 0 Å². The van der Waals surface area contributed by atoms with Gasteiger partial charge in [-0.05, 0) is 89.9 Å². The number of carbonyl (C=O) groups is 3. The van der Waals surface area contributed by atoms with Crippen molar-refractivity contribution in [2.45, 2.75) is 297 Å². The molecule has 0 aromatic heterocycles. The van der Waals surface area contributed by atoms with Gasteiger partial charge in [0, 0.05) is 19.3 Å². The molecule has 6 nitrogen and oxygen atoms in total. The fraction of sp³-hybridized carbons (Fsp3) is 0.696. The topological polar surface area (TPSA) is 78.9 Å². The predicted molar refractivity (Wildman–Crippen MR) is 325 cm³/mol. The Bertz CT molecular complexity index is 1520. The molecular formula is C69H116O6. The van der Waals surface area contributed by atoms with Gasteiger partial charge in [0.05, 0.1) is 0 Å². The summed E-state index contributed by atoms with van der Waals surface area (Å²) in [5, 5.41) is 0. The van der Waals surface area contributed by atoms with Gasteiger partial charge in [0.1, 0.15) is 13.2 Å². The van der Waals surface area contributed by atoms with E-state index < -0.39 is 6.10 Å². The Kier molecular flexibility index (Phi) is 59.3. The van der Waals surface area contributed by atoms with Crippen LogP contribution in [0, 0.1) is 0 Å². The maximum absolute atomic E-state index is 12.9. The Labute approximate surface area is 463 Å². The van der Waals surface area contributed by atoms with Gasteiger partial charge in [0.2, 0.25) is 0 Å². The minimum Gasteiger partial charge on any atom is -0.462 e. The molecule has 0 fully saturated rings. The zero-order valence-electron chi connectivity index (χ0n) is 49.0. The lowest BCUT2D eigenvalue weighted by atomic mass is 10.0. The summed E-state index contributed by atoms with van der Waals surface area (Å²) in [5.41, 5.74) is 0. The van der Waals surface area contributed by atoms with Gasteiger partial charge >= 0.3 is 17.9 Å². The van der Waals surface area contributed by atoms with Gasteiger partial charge in [-0.1, -0.05) is 291 Å². The van der Waals surface area contributed by atoms with Crippen molar-refractivity contribution < 1.29 is 28.6 Å². The van der Waals surface area contributed by atoms with E-state index in [4.69, 9.17) is 14.2 Å². The van der Waals surface area contributed by atoms with Crippen molar-refractivity contribution in [1.29, 1.82) is 0 Å². The van der Waals surface area contributed by atoms with Gasteiger partial charge in [0.15, 0.2) is 6.10 Å². The lowest BCUT2D eigenvalue weighted by Crippen LogP contribution is -2.30. The summed E-state index contributed by atoms with van der Waals surface area (Å²) in [6.07, 6.45) is 85.3. The molecule has 0 rings (SSSR count). The maximum atomic E-state index is 12.9. The number of hydrogen-bond donors (Lipinski definition) is 0. The third-order valence-electron chi connectivity index (χ3n) is 13.3. The zero-order valence-corrected chi connectivity index (χ0v) is 49.0. The highest BCUT2D eigenvalue weighted by Gasteiger charge is 2.19. The van der Waals surface area contributed by atoms with Crippen LogP contribution in [0.4, 0.5) is 0 Å². The van der Waals surface area contributed by atoms with E-state index in [0.29, 0.717) is 19.3 Å². The van der Waals surface area contributed by atoms with Crippen LogP contribution in [0.1, 0.15) is 290 Å². The first kappa shape index (κ1) is 71.1. The molecule has 0 heterocycles. The standard InChI is InChI=1S/C69H116O6/c1-4-7-10-13-16-19-22-25-28-31-34-37-40-43-46-49-52-55-58-61-67(70)73-64-66(75-69(72)63-60-57-54-51-48-45-42-39-36-33-30-27-24-21-18-15-12-9-6-3)65-74-68(71)62-59-56-53-50-47-44-41-38-35-32-29-26-23-20-17-14-11-8-5-2/h7,9-10,12,16,18-19,21,25,27-28,30,34,37,43,46,52,55,66H,4-6,8,11,13-15,17,20,22-24,26,29,31-33,35-36,38-42,44-45,47-51,53-54,56-65H2,1-3H3/b10-7-,12-9-,19-16-,21-18-,28-25-,30-27-,37-34-,46-43-,55-52-. The van der Waals surface area contributed by atoms with E-state index in [9.17, 15) is 14.4 Å². The second-order valence-electron chi connectivity index (χ2n) is 20.6. The van der Waals surface area contributed by atoms with Gasteiger partial charge in [-0.25, -0.2) is 0 Å². The molecule has 0 aliphatic heterocycles. The summed E-state index contributed by atoms with van der Waals surface area (Å²) in [4.78, 5) is 38.3. The molecule has 1 unspecified atom stereocenters. The number of unbranched alkanes of at least 4 members (excludes halogenated alkanes) is 27. The van der Waals surface area contributed by atoms with Crippen molar-refractivity contribution >= 4 is 17.9 Å². The van der Waals surface area contributed by atoms with Gasteiger partial charge in [-0.3, -0.25) is 14.4 Å². The molecule has 75 heavy (non-hydrogen) atoms. The molecule has 1 atom stereocenters. The Morgan fingerprint density at radius 2 is 0.547 bits per heavy atom. The summed E-state index contributed by atoms with van der Waals surface area (Å²) >= 11 is 0. The molecule has 0 radical (unpaired) electrons.